The molecular weight excluding hydrogens is 482 g/mol. The molecular formula is C27H30ClN3OS2. The summed E-state index contributed by atoms with van der Waals surface area (Å²) in [6.07, 6.45) is 0.987. The molecule has 5 rings (SSSR count). The van der Waals surface area contributed by atoms with E-state index in [1.54, 1.807) is 22.7 Å². The van der Waals surface area contributed by atoms with E-state index >= 15 is 0 Å². The number of carbonyl (C=O) groups is 1. The minimum absolute atomic E-state index is 0. The number of para-hydroxylation sites is 1. The van der Waals surface area contributed by atoms with E-state index in [4.69, 9.17) is 4.98 Å². The van der Waals surface area contributed by atoms with Gasteiger partial charge in [0, 0.05) is 29.1 Å². The topological polar surface area (TPSA) is 45.2 Å². The van der Waals surface area contributed by atoms with Gasteiger partial charge in [-0.3, -0.25) is 9.69 Å². The van der Waals surface area contributed by atoms with Crippen LogP contribution in [0.3, 0.4) is 0 Å². The standard InChI is InChI=1S/C27H29N3OS2.ClH/c1-5-30-15-14-19-22(16-30)33-26(23(19)25-28-20-8-6-7-9-21(20)32-25)29-24(31)17-10-12-18(13-11-17)27(2,3)4;/h6-13H,5,14-16H2,1-4H3,(H,29,31);1H. The van der Waals surface area contributed by atoms with Gasteiger partial charge in [0.25, 0.3) is 5.91 Å². The number of fused-ring (bicyclic) bond motifs is 2. The van der Waals surface area contributed by atoms with Crippen LogP contribution in [0.5, 0.6) is 0 Å². The fraction of sp³-hybridized carbons (Fsp3) is 0.333. The second kappa shape index (κ2) is 9.78. The van der Waals surface area contributed by atoms with Crippen molar-refractivity contribution in [3.63, 3.8) is 0 Å². The highest BCUT2D eigenvalue weighted by Gasteiger charge is 2.27. The minimum atomic E-state index is -0.0660. The van der Waals surface area contributed by atoms with Crippen LogP contribution in [0.2, 0.25) is 0 Å². The van der Waals surface area contributed by atoms with Crippen molar-refractivity contribution >= 4 is 56.2 Å². The summed E-state index contributed by atoms with van der Waals surface area (Å²) in [4.78, 5) is 22.0. The van der Waals surface area contributed by atoms with Crippen molar-refractivity contribution in [2.24, 2.45) is 0 Å². The Labute approximate surface area is 215 Å². The summed E-state index contributed by atoms with van der Waals surface area (Å²) < 4.78 is 1.17. The van der Waals surface area contributed by atoms with Crippen LogP contribution in [0, 0.1) is 0 Å². The highest BCUT2D eigenvalue weighted by atomic mass is 35.5. The summed E-state index contributed by atoms with van der Waals surface area (Å²) in [6.45, 7) is 11.8. The Hall–Kier alpha value is -2.25. The molecule has 0 fully saturated rings. The zero-order chi connectivity index (χ0) is 23.2. The molecule has 0 radical (unpaired) electrons. The van der Waals surface area contributed by atoms with Gasteiger partial charge in [0.1, 0.15) is 10.0 Å². The summed E-state index contributed by atoms with van der Waals surface area (Å²) in [5.41, 5.74) is 5.44. The summed E-state index contributed by atoms with van der Waals surface area (Å²) in [6, 6.07) is 16.2. The third kappa shape index (κ3) is 4.78. The van der Waals surface area contributed by atoms with Gasteiger partial charge in [0.05, 0.1) is 10.2 Å². The minimum Gasteiger partial charge on any atom is -0.313 e. The summed E-state index contributed by atoms with van der Waals surface area (Å²) in [7, 11) is 0. The number of nitrogens with zero attached hydrogens (tertiary/aromatic N) is 2. The van der Waals surface area contributed by atoms with Crippen molar-refractivity contribution in [3.8, 4) is 10.6 Å². The molecule has 7 heteroatoms. The molecule has 1 amide bonds. The predicted molar refractivity (Wildman–Crippen MR) is 148 cm³/mol. The molecule has 34 heavy (non-hydrogen) atoms. The van der Waals surface area contributed by atoms with Crippen molar-refractivity contribution < 1.29 is 4.79 Å². The van der Waals surface area contributed by atoms with Crippen molar-refractivity contribution in [3.05, 3.63) is 70.1 Å². The zero-order valence-electron chi connectivity index (χ0n) is 20.0. The fourth-order valence-electron chi connectivity index (χ4n) is 4.32. The van der Waals surface area contributed by atoms with E-state index in [-0.39, 0.29) is 23.7 Å². The third-order valence-electron chi connectivity index (χ3n) is 6.33. The van der Waals surface area contributed by atoms with Crippen molar-refractivity contribution in [1.29, 1.82) is 0 Å². The van der Waals surface area contributed by atoms with Crippen LogP contribution in [-0.4, -0.2) is 28.9 Å². The fourth-order valence-corrected chi connectivity index (χ4v) is 6.71. The van der Waals surface area contributed by atoms with Gasteiger partial charge < -0.3 is 5.32 Å². The first kappa shape index (κ1) is 24.9. The average molecular weight is 512 g/mol. The second-order valence-corrected chi connectivity index (χ2v) is 11.7. The number of likely N-dealkylation sites (N-methyl/N-ethyl adjacent to an activating group) is 1. The van der Waals surface area contributed by atoms with Crippen LogP contribution < -0.4 is 5.32 Å². The molecule has 1 aliphatic rings. The summed E-state index contributed by atoms with van der Waals surface area (Å²) in [5.74, 6) is -0.0660. The Balaban J connectivity index is 0.00000274. The van der Waals surface area contributed by atoms with E-state index in [9.17, 15) is 4.79 Å². The highest BCUT2D eigenvalue weighted by Crippen LogP contribution is 2.45. The number of carbonyl (C=O) groups excluding carboxylic acids is 1. The molecule has 0 unspecified atom stereocenters. The monoisotopic (exact) mass is 511 g/mol. The Bertz CT molecular complexity index is 1290. The second-order valence-electron chi connectivity index (χ2n) is 9.59. The molecule has 2 aromatic carbocycles. The lowest BCUT2D eigenvalue weighted by molar-refractivity contribution is 0.102. The van der Waals surface area contributed by atoms with E-state index in [2.05, 4.69) is 68.2 Å². The number of benzene rings is 2. The predicted octanol–water partition coefficient (Wildman–Crippen LogP) is 7.37. The average Bonchev–Trinajstić information content (AvgIpc) is 3.38. The van der Waals surface area contributed by atoms with Crippen LogP contribution in [0.4, 0.5) is 5.00 Å². The number of aromatic nitrogens is 1. The number of anilines is 1. The third-order valence-corrected chi connectivity index (χ3v) is 8.52. The first-order valence-corrected chi connectivity index (χ1v) is 13.1. The molecule has 178 valence electrons. The number of hydrogen-bond acceptors (Lipinski definition) is 5. The SMILES string of the molecule is CCN1CCc2c(sc(NC(=O)c3ccc(C(C)(C)C)cc3)c2-c2nc3ccccc3s2)C1.Cl. The molecule has 1 aliphatic heterocycles. The number of hydrogen-bond donors (Lipinski definition) is 1. The molecule has 0 bridgehead atoms. The molecule has 4 nitrogen and oxygen atoms in total. The van der Waals surface area contributed by atoms with Crippen LogP contribution >= 0.6 is 35.1 Å². The first-order valence-electron chi connectivity index (χ1n) is 11.5. The highest BCUT2D eigenvalue weighted by molar-refractivity contribution is 7.23. The first-order chi connectivity index (χ1) is 15.8. The van der Waals surface area contributed by atoms with Crippen LogP contribution in [0.1, 0.15) is 54.1 Å². The number of nitrogens with one attached hydrogen (secondary N) is 1. The largest absolute Gasteiger partial charge is 0.313 e. The van der Waals surface area contributed by atoms with Crippen LogP contribution in [0.25, 0.3) is 20.8 Å². The van der Waals surface area contributed by atoms with Gasteiger partial charge in [0.15, 0.2) is 0 Å². The lowest BCUT2D eigenvalue weighted by Gasteiger charge is -2.25. The van der Waals surface area contributed by atoms with Crippen molar-refractivity contribution in [2.75, 3.05) is 18.4 Å². The van der Waals surface area contributed by atoms with E-state index < -0.39 is 0 Å². The van der Waals surface area contributed by atoms with E-state index in [1.807, 2.05) is 18.2 Å². The number of thiazole rings is 1. The molecule has 0 aliphatic carbocycles. The Morgan fingerprint density at radius 1 is 1.09 bits per heavy atom. The molecule has 0 saturated heterocycles. The number of thiophene rings is 1. The lowest BCUT2D eigenvalue weighted by Crippen LogP contribution is -2.29. The zero-order valence-corrected chi connectivity index (χ0v) is 22.4. The Morgan fingerprint density at radius 2 is 1.82 bits per heavy atom. The van der Waals surface area contributed by atoms with E-state index in [1.165, 1.54) is 20.7 Å². The Kier molecular flexibility index (Phi) is 7.15. The van der Waals surface area contributed by atoms with Gasteiger partial charge in [-0.15, -0.1) is 35.1 Å². The molecule has 2 aromatic heterocycles. The van der Waals surface area contributed by atoms with Gasteiger partial charge in [0.2, 0.25) is 0 Å². The van der Waals surface area contributed by atoms with Crippen LogP contribution in [-0.2, 0) is 18.4 Å². The maximum atomic E-state index is 13.2. The van der Waals surface area contributed by atoms with Crippen molar-refractivity contribution in [2.45, 2.75) is 46.1 Å². The number of halogens is 1. The van der Waals surface area contributed by atoms with Gasteiger partial charge in [-0.25, -0.2) is 4.98 Å². The van der Waals surface area contributed by atoms with Crippen molar-refractivity contribution in [1.82, 2.24) is 9.88 Å². The Morgan fingerprint density at radius 3 is 2.50 bits per heavy atom. The molecule has 0 atom stereocenters. The van der Waals surface area contributed by atoms with Gasteiger partial charge in [-0.1, -0.05) is 52.0 Å². The van der Waals surface area contributed by atoms with E-state index in [0.717, 1.165) is 47.1 Å². The maximum Gasteiger partial charge on any atom is 0.256 e. The quantitative estimate of drug-likeness (QED) is 0.311. The van der Waals surface area contributed by atoms with E-state index in [0.29, 0.717) is 5.56 Å². The number of rotatable bonds is 4. The molecule has 3 heterocycles. The smallest absolute Gasteiger partial charge is 0.256 e. The summed E-state index contributed by atoms with van der Waals surface area (Å²) in [5, 5.41) is 5.16. The van der Waals surface area contributed by atoms with Gasteiger partial charge in [-0.2, -0.15) is 0 Å². The molecule has 0 spiro atoms. The molecule has 0 saturated carbocycles. The number of amides is 1. The summed E-state index contributed by atoms with van der Waals surface area (Å²) >= 11 is 3.42. The lowest BCUT2D eigenvalue weighted by atomic mass is 9.87. The van der Waals surface area contributed by atoms with Crippen LogP contribution in [0.15, 0.2) is 48.5 Å². The molecule has 1 N–H and O–H groups in total. The normalized spacial score (nSPS) is 14.0. The molecule has 4 aromatic rings. The van der Waals surface area contributed by atoms with Gasteiger partial charge >= 0.3 is 0 Å². The van der Waals surface area contributed by atoms with Gasteiger partial charge in [-0.05, 0) is 53.8 Å². The maximum absolute atomic E-state index is 13.2.